The Balaban J connectivity index is 6.31. The number of methoxy groups -OCH3 is 4. The van der Waals surface area contributed by atoms with Crippen LogP contribution in [0.1, 0.15) is 41.5 Å². The topological polar surface area (TPSA) is 109 Å². The molecule has 0 amide bonds. The van der Waals surface area contributed by atoms with Crippen molar-refractivity contribution in [2.45, 2.75) is 76.0 Å². The van der Waals surface area contributed by atoms with Gasteiger partial charge in [-0.2, -0.15) is 20.8 Å². The van der Waals surface area contributed by atoms with Crippen molar-refractivity contribution in [3.63, 3.8) is 0 Å². The molecule has 0 heterocycles. The maximum Gasteiger partial charge on any atom is 0.177 e. The minimum absolute atomic E-state index is 0.759. The highest BCUT2D eigenvalue weighted by atomic mass is 16.5. The van der Waals surface area contributed by atoms with E-state index in [1.54, 1.807) is 41.5 Å². The van der Waals surface area contributed by atoms with Crippen molar-refractivity contribution in [3.8, 4) is 12.1 Å². The van der Waals surface area contributed by atoms with Gasteiger partial charge in [-0.25, -0.2) is 0 Å². The molecule has 4 unspecified atom stereocenters. The predicted octanol–water partition coefficient (Wildman–Crippen LogP) is 2.88. The first-order valence-electron chi connectivity index (χ1n) is 8.27. The largest absolute Gasteiger partial charge is 0.376 e. The van der Waals surface area contributed by atoms with E-state index < -0.39 is 34.5 Å². The molecule has 26 heavy (non-hydrogen) atoms. The van der Waals surface area contributed by atoms with Crippen molar-refractivity contribution >= 4 is 0 Å². The van der Waals surface area contributed by atoms with Gasteiger partial charge in [0.25, 0.3) is 0 Å². The van der Waals surface area contributed by atoms with Crippen molar-refractivity contribution < 1.29 is 18.9 Å². The molecule has 0 aliphatic heterocycles. The summed E-state index contributed by atoms with van der Waals surface area (Å²) in [6.07, 6.45) is 0. The van der Waals surface area contributed by atoms with Gasteiger partial charge in [-0.05, 0) is 41.5 Å². The molecular weight excluding hydrogens is 336 g/mol. The van der Waals surface area contributed by atoms with Crippen LogP contribution in [0.2, 0.25) is 0 Å². The van der Waals surface area contributed by atoms with E-state index in [9.17, 15) is 10.5 Å². The Hall–Kier alpha value is -1.58. The van der Waals surface area contributed by atoms with Gasteiger partial charge in [0.2, 0.25) is 0 Å². The van der Waals surface area contributed by atoms with Crippen LogP contribution in [0.3, 0.4) is 0 Å². The molecule has 0 aromatic rings. The van der Waals surface area contributed by atoms with Gasteiger partial charge in [-0.1, -0.05) is 0 Å². The first-order chi connectivity index (χ1) is 11.8. The Labute approximate surface area is 157 Å². The fraction of sp³-hybridized carbons (Fsp3) is 0.889. The van der Waals surface area contributed by atoms with Crippen LogP contribution in [0.4, 0.5) is 0 Å². The molecular formula is C18H32N4O4. The molecule has 0 radical (unpaired) electrons. The zero-order valence-corrected chi connectivity index (χ0v) is 17.6. The molecule has 0 rings (SSSR count). The Kier molecular flexibility index (Phi) is 8.34. The standard InChI is InChI=1S/C18H32N4O4/c1-15(2,23-7)13(17(5,11-19)25-9)21-22-14(16(3,4)24-8)18(6,12-20)26-10/h13-14H,1-10H3. The first kappa shape index (κ1) is 24.4. The smallest absolute Gasteiger partial charge is 0.177 e. The summed E-state index contributed by atoms with van der Waals surface area (Å²) >= 11 is 0. The SMILES string of the molecule is COC(C)(C)C(N=NC(C(C)(C)OC)C(C)(C#N)OC)C(C)(C#N)OC. The highest BCUT2D eigenvalue weighted by Crippen LogP contribution is 2.33. The molecule has 0 aromatic heterocycles. The number of nitriles is 2. The van der Waals surface area contributed by atoms with Crippen molar-refractivity contribution in [2.75, 3.05) is 28.4 Å². The van der Waals surface area contributed by atoms with Crippen molar-refractivity contribution in [1.29, 1.82) is 10.5 Å². The van der Waals surface area contributed by atoms with E-state index in [1.165, 1.54) is 28.4 Å². The molecule has 4 atom stereocenters. The second-order valence-corrected chi connectivity index (χ2v) is 7.50. The number of ether oxygens (including phenoxy) is 4. The second-order valence-electron chi connectivity index (χ2n) is 7.50. The highest BCUT2D eigenvalue weighted by Gasteiger charge is 2.49. The molecule has 8 nitrogen and oxygen atoms in total. The van der Waals surface area contributed by atoms with E-state index in [1.807, 2.05) is 0 Å². The summed E-state index contributed by atoms with van der Waals surface area (Å²) < 4.78 is 21.8. The zero-order chi connectivity index (χ0) is 20.8. The normalized spacial score (nSPS) is 19.8. The second kappa shape index (κ2) is 8.88. The summed E-state index contributed by atoms with van der Waals surface area (Å²) in [7, 11) is 5.92. The molecule has 0 N–H and O–H groups in total. The van der Waals surface area contributed by atoms with Crippen LogP contribution in [0.5, 0.6) is 0 Å². The number of hydrogen-bond donors (Lipinski definition) is 0. The van der Waals surface area contributed by atoms with E-state index >= 15 is 0 Å². The molecule has 0 aromatic carbocycles. The number of nitrogens with zero attached hydrogens (tertiary/aromatic N) is 4. The maximum absolute atomic E-state index is 9.60. The van der Waals surface area contributed by atoms with Crippen LogP contribution in [-0.4, -0.2) is 62.9 Å². The molecule has 0 saturated carbocycles. The molecule has 148 valence electrons. The summed E-state index contributed by atoms with van der Waals surface area (Å²) in [5.74, 6) is 0. The van der Waals surface area contributed by atoms with Crippen LogP contribution in [0, 0.1) is 22.7 Å². The van der Waals surface area contributed by atoms with Crippen molar-refractivity contribution in [3.05, 3.63) is 0 Å². The van der Waals surface area contributed by atoms with Crippen molar-refractivity contribution in [2.24, 2.45) is 10.2 Å². The average molecular weight is 368 g/mol. The van der Waals surface area contributed by atoms with Crippen LogP contribution in [0.15, 0.2) is 10.2 Å². The average Bonchev–Trinajstić information content (AvgIpc) is 2.63. The van der Waals surface area contributed by atoms with Crippen LogP contribution >= 0.6 is 0 Å². The lowest BCUT2D eigenvalue weighted by atomic mass is 9.84. The number of azo groups is 1. The molecule has 0 bridgehead atoms. The molecule has 0 aliphatic carbocycles. The van der Waals surface area contributed by atoms with Crippen molar-refractivity contribution in [1.82, 2.24) is 0 Å². The van der Waals surface area contributed by atoms with Gasteiger partial charge < -0.3 is 18.9 Å². The summed E-state index contributed by atoms with van der Waals surface area (Å²) in [6, 6.07) is 2.74. The zero-order valence-electron chi connectivity index (χ0n) is 17.6. The van der Waals surface area contributed by atoms with Gasteiger partial charge in [-0.15, -0.1) is 0 Å². The first-order valence-corrected chi connectivity index (χ1v) is 8.27. The van der Waals surface area contributed by atoms with E-state index in [4.69, 9.17) is 18.9 Å². The van der Waals surface area contributed by atoms with Gasteiger partial charge >= 0.3 is 0 Å². The third-order valence-electron chi connectivity index (χ3n) is 5.00. The lowest BCUT2D eigenvalue weighted by molar-refractivity contribution is -0.0859. The fourth-order valence-corrected chi connectivity index (χ4v) is 2.62. The van der Waals surface area contributed by atoms with Gasteiger partial charge in [0.05, 0.1) is 23.3 Å². The summed E-state index contributed by atoms with van der Waals surface area (Å²) in [5, 5.41) is 28.0. The Morgan fingerprint density at radius 2 is 0.885 bits per heavy atom. The monoisotopic (exact) mass is 368 g/mol. The predicted molar refractivity (Wildman–Crippen MR) is 96.7 cm³/mol. The lowest BCUT2D eigenvalue weighted by Crippen LogP contribution is -2.54. The van der Waals surface area contributed by atoms with Crippen LogP contribution < -0.4 is 0 Å². The minimum atomic E-state index is -1.28. The van der Waals surface area contributed by atoms with E-state index in [0.29, 0.717) is 0 Å². The number of rotatable bonds is 10. The van der Waals surface area contributed by atoms with Gasteiger partial charge in [0.1, 0.15) is 12.1 Å². The molecule has 8 heteroatoms. The molecule has 0 fully saturated rings. The van der Waals surface area contributed by atoms with E-state index in [0.717, 1.165) is 0 Å². The highest BCUT2D eigenvalue weighted by molar-refractivity contribution is 5.14. The molecule has 0 spiro atoms. The van der Waals surface area contributed by atoms with Crippen LogP contribution in [-0.2, 0) is 18.9 Å². The van der Waals surface area contributed by atoms with E-state index in [-0.39, 0.29) is 0 Å². The third-order valence-corrected chi connectivity index (χ3v) is 5.00. The Morgan fingerprint density at radius 3 is 1.04 bits per heavy atom. The van der Waals surface area contributed by atoms with Gasteiger partial charge in [-0.3, -0.25) is 0 Å². The minimum Gasteiger partial charge on any atom is -0.376 e. The molecule has 0 aliphatic rings. The third kappa shape index (κ3) is 4.99. The fourth-order valence-electron chi connectivity index (χ4n) is 2.62. The Bertz CT molecular complexity index is 529. The Morgan fingerprint density at radius 1 is 0.615 bits per heavy atom. The lowest BCUT2D eigenvalue weighted by Gasteiger charge is -2.40. The summed E-state index contributed by atoms with van der Waals surface area (Å²) in [5.41, 5.74) is -4.24. The van der Waals surface area contributed by atoms with E-state index in [2.05, 4.69) is 22.4 Å². The van der Waals surface area contributed by atoms with Crippen LogP contribution in [0.25, 0.3) is 0 Å². The number of hydrogen-bond acceptors (Lipinski definition) is 8. The summed E-state index contributed by atoms with van der Waals surface area (Å²) in [4.78, 5) is 0. The summed E-state index contributed by atoms with van der Waals surface area (Å²) in [6.45, 7) is 10.4. The van der Waals surface area contributed by atoms with Gasteiger partial charge in [0.15, 0.2) is 11.2 Å². The molecule has 0 saturated heterocycles. The maximum atomic E-state index is 9.60. The quantitative estimate of drug-likeness (QED) is 0.548. The van der Waals surface area contributed by atoms with Gasteiger partial charge in [0, 0.05) is 28.4 Å².